The highest BCUT2D eigenvalue weighted by Crippen LogP contribution is 2.31. The Hall–Kier alpha value is -2.05. The van der Waals surface area contributed by atoms with Gasteiger partial charge in [-0.05, 0) is 61.2 Å². The molecule has 0 spiro atoms. The lowest BCUT2D eigenvalue weighted by Gasteiger charge is -2.34. The van der Waals surface area contributed by atoms with Gasteiger partial charge in [0.2, 0.25) is 5.91 Å². The average Bonchev–Trinajstić information content (AvgIpc) is 2.93. The highest BCUT2D eigenvalue weighted by Gasteiger charge is 2.26. The number of rotatable bonds is 4. The van der Waals surface area contributed by atoms with Crippen LogP contribution in [0.25, 0.3) is 10.9 Å². The number of nitrogens with zero attached hydrogens (tertiary/aromatic N) is 3. The zero-order chi connectivity index (χ0) is 21.4. The fourth-order valence-corrected chi connectivity index (χ4v) is 5.08. The van der Waals surface area contributed by atoms with E-state index in [-0.39, 0.29) is 18.3 Å². The minimum atomic E-state index is 0. The Morgan fingerprint density at radius 3 is 2.69 bits per heavy atom. The van der Waals surface area contributed by atoms with E-state index >= 15 is 0 Å². The summed E-state index contributed by atoms with van der Waals surface area (Å²) >= 11 is 5.97. The number of hydrogen-bond acceptors (Lipinski definition) is 3. The predicted molar refractivity (Wildman–Crippen MR) is 134 cm³/mol. The first-order valence-electron chi connectivity index (χ1n) is 11.2. The molecule has 0 saturated carbocycles. The van der Waals surface area contributed by atoms with Crippen LogP contribution in [0.5, 0.6) is 0 Å². The van der Waals surface area contributed by atoms with Crippen molar-refractivity contribution >= 4 is 46.5 Å². The van der Waals surface area contributed by atoms with Gasteiger partial charge in [-0.3, -0.25) is 9.69 Å². The van der Waals surface area contributed by atoms with Crippen LogP contribution in [-0.2, 0) is 31.2 Å². The smallest absolute Gasteiger partial charge is 0.241 e. The largest absolute Gasteiger partial charge is 0.347 e. The summed E-state index contributed by atoms with van der Waals surface area (Å²) in [7, 11) is 2.16. The molecule has 7 heteroatoms. The number of halogens is 2. The molecular formula is C25H30Cl2N4O. The lowest BCUT2D eigenvalue weighted by molar-refractivity contribution is -0.121. The molecule has 0 aliphatic carbocycles. The molecule has 1 fully saturated rings. The summed E-state index contributed by atoms with van der Waals surface area (Å²) < 4.78 is 2.33. The van der Waals surface area contributed by atoms with Crippen LogP contribution in [0.3, 0.4) is 0 Å². The third-order valence-corrected chi connectivity index (χ3v) is 6.98. The zero-order valence-electron chi connectivity index (χ0n) is 18.4. The molecule has 0 unspecified atom stereocenters. The van der Waals surface area contributed by atoms with Crippen molar-refractivity contribution in [3.63, 3.8) is 0 Å². The standard InChI is InChI=1S/C25H29ClN4O.ClH/c1-28-23-3-2-11-27-16-22(23)21-9-8-20(15-24(21)28)30-14-13-29(17-25(30)31)12-10-18-4-6-19(26)7-5-18;/h4-9,15,27H,2-3,10-14,16-17H2,1H3;1H. The second-order valence-electron chi connectivity index (χ2n) is 8.66. The molecule has 2 aliphatic heterocycles. The number of aryl methyl sites for hydroxylation is 1. The van der Waals surface area contributed by atoms with E-state index in [0.29, 0.717) is 6.54 Å². The maximum absolute atomic E-state index is 13.0. The molecule has 3 aromatic rings. The Bertz CT molecular complexity index is 1110. The monoisotopic (exact) mass is 472 g/mol. The zero-order valence-corrected chi connectivity index (χ0v) is 20.0. The number of carbonyl (C=O) groups is 1. The van der Waals surface area contributed by atoms with Gasteiger partial charge in [-0.1, -0.05) is 29.8 Å². The summed E-state index contributed by atoms with van der Waals surface area (Å²) in [6.45, 7) is 4.99. The normalized spacial score (nSPS) is 17.2. The van der Waals surface area contributed by atoms with Crippen LogP contribution in [0.4, 0.5) is 5.69 Å². The van der Waals surface area contributed by atoms with Crippen molar-refractivity contribution in [3.05, 3.63) is 64.3 Å². The van der Waals surface area contributed by atoms with E-state index < -0.39 is 0 Å². The molecule has 0 atom stereocenters. The van der Waals surface area contributed by atoms with Crippen molar-refractivity contribution in [2.45, 2.75) is 25.8 Å². The molecular weight excluding hydrogens is 443 g/mol. The number of amides is 1. The number of benzene rings is 2. The predicted octanol–water partition coefficient (Wildman–Crippen LogP) is 4.18. The number of carbonyl (C=O) groups excluding carboxylic acids is 1. The second-order valence-corrected chi connectivity index (χ2v) is 9.10. The molecule has 0 bridgehead atoms. The van der Waals surface area contributed by atoms with Crippen LogP contribution in [-0.4, -0.2) is 48.1 Å². The van der Waals surface area contributed by atoms with E-state index in [4.69, 9.17) is 11.6 Å². The van der Waals surface area contributed by atoms with Crippen molar-refractivity contribution in [3.8, 4) is 0 Å². The van der Waals surface area contributed by atoms with Gasteiger partial charge in [0.15, 0.2) is 0 Å². The number of anilines is 1. The quantitative estimate of drug-likeness (QED) is 0.618. The molecule has 3 heterocycles. The van der Waals surface area contributed by atoms with E-state index in [9.17, 15) is 4.79 Å². The third-order valence-electron chi connectivity index (χ3n) is 6.73. The first-order valence-corrected chi connectivity index (χ1v) is 11.6. The molecule has 2 aromatic carbocycles. The van der Waals surface area contributed by atoms with E-state index in [1.807, 2.05) is 17.0 Å². The van der Waals surface area contributed by atoms with Gasteiger partial charge in [-0.15, -0.1) is 12.4 Å². The molecule has 5 rings (SSSR count). The molecule has 1 saturated heterocycles. The van der Waals surface area contributed by atoms with E-state index in [1.54, 1.807) is 0 Å². The lowest BCUT2D eigenvalue weighted by Crippen LogP contribution is -2.50. The van der Waals surface area contributed by atoms with Gasteiger partial charge in [0.25, 0.3) is 0 Å². The van der Waals surface area contributed by atoms with E-state index in [0.717, 1.165) is 56.3 Å². The van der Waals surface area contributed by atoms with Crippen LogP contribution in [0.1, 0.15) is 23.2 Å². The van der Waals surface area contributed by atoms with Crippen molar-refractivity contribution in [2.75, 3.05) is 37.6 Å². The molecule has 5 nitrogen and oxygen atoms in total. The van der Waals surface area contributed by atoms with E-state index in [2.05, 4.69) is 52.2 Å². The van der Waals surface area contributed by atoms with Crippen LogP contribution in [0, 0.1) is 0 Å². The van der Waals surface area contributed by atoms with Gasteiger partial charge < -0.3 is 14.8 Å². The molecule has 2 aliphatic rings. The number of aromatic nitrogens is 1. The van der Waals surface area contributed by atoms with Crippen molar-refractivity contribution < 1.29 is 4.79 Å². The summed E-state index contributed by atoms with van der Waals surface area (Å²) in [5.41, 5.74) is 6.33. The highest BCUT2D eigenvalue weighted by molar-refractivity contribution is 6.30. The third kappa shape index (κ3) is 4.53. The van der Waals surface area contributed by atoms with Crippen molar-refractivity contribution in [1.29, 1.82) is 0 Å². The van der Waals surface area contributed by atoms with Gasteiger partial charge in [0, 0.05) is 55.0 Å². The molecule has 32 heavy (non-hydrogen) atoms. The maximum atomic E-state index is 13.0. The lowest BCUT2D eigenvalue weighted by atomic mass is 10.1. The Kier molecular flexibility index (Phi) is 7.11. The Morgan fingerprint density at radius 2 is 1.91 bits per heavy atom. The Morgan fingerprint density at radius 1 is 1.09 bits per heavy atom. The molecule has 1 aromatic heterocycles. The SMILES string of the molecule is Cl.Cn1c2c(c3ccc(N4CCN(CCc5ccc(Cl)cc5)CC4=O)cc31)CNCCC2. The van der Waals surface area contributed by atoms with Crippen LogP contribution >= 0.6 is 24.0 Å². The number of nitrogens with one attached hydrogen (secondary N) is 1. The minimum Gasteiger partial charge on any atom is -0.347 e. The van der Waals surface area contributed by atoms with Crippen LogP contribution in [0.2, 0.25) is 5.02 Å². The van der Waals surface area contributed by atoms with Crippen molar-refractivity contribution in [2.24, 2.45) is 7.05 Å². The summed E-state index contributed by atoms with van der Waals surface area (Å²) in [6, 6.07) is 14.5. The highest BCUT2D eigenvalue weighted by atomic mass is 35.5. The summed E-state index contributed by atoms with van der Waals surface area (Å²) in [6.07, 6.45) is 3.20. The maximum Gasteiger partial charge on any atom is 0.241 e. The Balaban J connectivity index is 0.00000245. The molecule has 0 radical (unpaired) electrons. The fourth-order valence-electron chi connectivity index (χ4n) is 4.96. The molecule has 170 valence electrons. The van der Waals surface area contributed by atoms with Crippen molar-refractivity contribution in [1.82, 2.24) is 14.8 Å². The summed E-state index contributed by atoms with van der Waals surface area (Å²) in [5.74, 6) is 0.180. The minimum absolute atomic E-state index is 0. The summed E-state index contributed by atoms with van der Waals surface area (Å²) in [4.78, 5) is 17.2. The van der Waals surface area contributed by atoms with Gasteiger partial charge in [0.05, 0.1) is 12.1 Å². The molecule has 1 N–H and O–H groups in total. The topological polar surface area (TPSA) is 40.5 Å². The van der Waals surface area contributed by atoms with Gasteiger partial charge in [0.1, 0.15) is 0 Å². The molecule has 1 amide bonds. The number of piperazine rings is 1. The first kappa shape index (κ1) is 23.1. The van der Waals surface area contributed by atoms with Gasteiger partial charge >= 0.3 is 0 Å². The van der Waals surface area contributed by atoms with E-state index in [1.165, 1.54) is 34.1 Å². The van der Waals surface area contributed by atoms with Gasteiger partial charge in [-0.25, -0.2) is 0 Å². The number of hydrogen-bond donors (Lipinski definition) is 1. The average molecular weight is 473 g/mol. The fraction of sp³-hybridized carbons (Fsp3) is 0.400. The number of fused-ring (bicyclic) bond motifs is 3. The summed E-state index contributed by atoms with van der Waals surface area (Å²) in [5, 5.41) is 5.60. The second kappa shape index (κ2) is 9.84. The van der Waals surface area contributed by atoms with Crippen LogP contribution in [0.15, 0.2) is 42.5 Å². The Labute approximate surface area is 200 Å². The van der Waals surface area contributed by atoms with Gasteiger partial charge in [-0.2, -0.15) is 0 Å². The first-order chi connectivity index (χ1) is 15.1. The van der Waals surface area contributed by atoms with Crippen LogP contribution < -0.4 is 10.2 Å².